The van der Waals surface area contributed by atoms with Crippen molar-refractivity contribution in [3.63, 3.8) is 0 Å². The summed E-state index contributed by atoms with van der Waals surface area (Å²) in [5.41, 5.74) is -0.236. The Hall–Kier alpha value is -0.690. The summed E-state index contributed by atoms with van der Waals surface area (Å²) in [5.74, 6) is 0.189. The predicted molar refractivity (Wildman–Crippen MR) is 97.6 cm³/mol. The molecule has 25 heavy (non-hydrogen) atoms. The van der Waals surface area contributed by atoms with Crippen LogP contribution in [0.1, 0.15) is 44.9 Å². The first-order valence-corrected chi connectivity index (χ1v) is 10.0. The van der Waals surface area contributed by atoms with Gasteiger partial charge in [0.15, 0.2) is 0 Å². The number of piperidine rings is 1. The van der Waals surface area contributed by atoms with Crippen molar-refractivity contribution in [2.45, 2.75) is 50.5 Å². The number of ether oxygens (including phenoxy) is 2. The highest BCUT2D eigenvalue weighted by Gasteiger charge is 2.43. The molecule has 0 atom stereocenters. The minimum absolute atomic E-state index is 0.124. The third-order valence-electron chi connectivity index (χ3n) is 6.51. The number of morpholine rings is 1. The van der Waals surface area contributed by atoms with E-state index in [-0.39, 0.29) is 16.9 Å². The zero-order valence-electron chi connectivity index (χ0n) is 15.8. The Labute approximate surface area is 152 Å². The molecule has 2 saturated heterocycles. The molecule has 1 saturated carbocycles. The van der Waals surface area contributed by atoms with Gasteiger partial charge in [0.25, 0.3) is 0 Å². The van der Waals surface area contributed by atoms with Crippen LogP contribution in [0.25, 0.3) is 0 Å². The maximum Gasteiger partial charge on any atom is 0.228 e. The fraction of sp³-hybridized carbons (Fsp3) is 0.947. The van der Waals surface area contributed by atoms with E-state index in [1.807, 2.05) is 0 Å². The van der Waals surface area contributed by atoms with E-state index in [4.69, 9.17) is 9.47 Å². The predicted octanol–water partition coefficient (Wildman–Crippen LogP) is 1.15. The van der Waals surface area contributed by atoms with Crippen molar-refractivity contribution in [1.29, 1.82) is 0 Å². The van der Waals surface area contributed by atoms with E-state index in [2.05, 4.69) is 15.5 Å². The molecule has 0 spiro atoms. The van der Waals surface area contributed by atoms with Crippen molar-refractivity contribution in [2.75, 3.05) is 59.7 Å². The molecule has 0 unspecified atom stereocenters. The largest absolute Gasteiger partial charge is 0.384 e. The zero-order chi connectivity index (χ0) is 17.6. The van der Waals surface area contributed by atoms with Crippen LogP contribution in [-0.4, -0.2) is 76.0 Å². The molecule has 3 fully saturated rings. The standard InChI is InChI=1S/C19H35N3O3/c1-24-16-18(7-9-20-10-8-18)17(23)21-15-19(5-3-2-4-6-19)22-11-13-25-14-12-22/h20H,2-16H2,1H3,(H,21,23). The number of amides is 1. The lowest BCUT2D eigenvalue weighted by molar-refractivity contribution is -0.137. The molecule has 0 aromatic heterocycles. The molecule has 2 heterocycles. The second-order valence-electron chi connectivity index (χ2n) is 8.03. The van der Waals surface area contributed by atoms with Crippen molar-refractivity contribution in [3.8, 4) is 0 Å². The quantitative estimate of drug-likeness (QED) is 0.750. The van der Waals surface area contributed by atoms with Crippen molar-refractivity contribution in [1.82, 2.24) is 15.5 Å². The summed E-state index contributed by atoms with van der Waals surface area (Å²) >= 11 is 0. The fourth-order valence-corrected chi connectivity index (χ4v) is 4.90. The van der Waals surface area contributed by atoms with Gasteiger partial charge in [0.2, 0.25) is 5.91 Å². The van der Waals surface area contributed by atoms with Crippen molar-refractivity contribution < 1.29 is 14.3 Å². The molecule has 0 bridgehead atoms. The lowest BCUT2D eigenvalue weighted by Gasteiger charge is -2.48. The van der Waals surface area contributed by atoms with E-state index in [1.54, 1.807) is 7.11 Å². The minimum Gasteiger partial charge on any atom is -0.384 e. The van der Waals surface area contributed by atoms with Crippen molar-refractivity contribution in [3.05, 3.63) is 0 Å². The van der Waals surface area contributed by atoms with E-state index in [0.29, 0.717) is 6.61 Å². The van der Waals surface area contributed by atoms with Gasteiger partial charge in [-0.05, 0) is 38.8 Å². The van der Waals surface area contributed by atoms with Gasteiger partial charge in [-0.25, -0.2) is 0 Å². The van der Waals surface area contributed by atoms with E-state index < -0.39 is 0 Å². The molecule has 0 aromatic rings. The van der Waals surface area contributed by atoms with Crippen LogP contribution < -0.4 is 10.6 Å². The maximum atomic E-state index is 13.1. The van der Waals surface area contributed by atoms with Gasteiger partial charge < -0.3 is 20.1 Å². The minimum atomic E-state index is -0.360. The van der Waals surface area contributed by atoms with Crippen LogP contribution in [0.15, 0.2) is 0 Å². The second-order valence-corrected chi connectivity index (χ2v) is 8.03. The summed E-state index contributed by atoms with van der Waals surface area (Å²) in [4.78, 5) is 15.7. The van der Waals surface area contributed by atoms with Crippen LogP contribution in [0.3, 0.4) is 0 Å². The second kappa shape index (κ2) is 8.80. The number of nitrogens with one attached hydrogen (secondary N) is 2. The van der Waals surface area contributed by atoms with Crippen molar-refractivity contribution in [2.24, 2.45) is 5.41 Å². The number of rotatable bonds is 6. The van der Waals surface area contributed by atoms with Crippen LogP contribution in [0.4, 0.5) is 0 Å². The Balaban J connectivity index is 1.66. The number of methoxy groups -OCH3 is 1. The first-order chi connectivity index (χ1) is 12.2. The highest BCUT2D eigenvalue weighted by molar-refractivity contribution is 5.83. The molecular formula is C19H35N3O3. The smallest absolute Gasteiger partial charge is 0.228 e. The average Bonchev–Trinajstić information content (AvgIpc) is 2.68. The Bertz CT molecular complexity index is 420. The van der Waals surface area contributed by atoms with Gasteiger partial charge in [-0.1, -0.05) is 19.3 Å². The molecule has 6 heteroatoms. The number of carbonyl (C=O) groups is 1. The van der Waals surface area contributed by atoms with E-state index >= 15 is 0 Å². The van der Waals surface area contributed by atoms with E-state index in [9.17, 15) is 4.79 Å². The van der Waals surface area contributed by atoms with E-state index in [1.165, 1.54) is 32.1 Å². The number of hydrogen-bond acceptors (Lipinski definition) is 5. The summed E-state index contributed by atoms with van der Waals surface area (Å²) in [7, 11) is 1.70. The summed E-state index contributed by atoms with van der Waals surface area (Å²) in [6.45, 7) is 6.68. The summed E-state index contributed by atoms with van der Waals surface area (Å²) in [6.07, 6.45) is 7.94. The van der Waals surface area contributed by atoms with Crippen LogP contribution >= 0.6 is 0 Å². The van der Waals surface area contributed by atoms with Crippen LogP contribution in [0.2, 0.25) is 0 Å². The first kappa shape index (κ1) is 19.1. The van der Waals surface area contributed by atoms with Gasteiger partial charge in [0, 0.05) is 32.3 Å². The monoisotopic (exact) mass is 353 g/mol. The van der Waals surface area contributed by atoms with Gasteiger partial charge in [-0.3, -0.25) is 9.69 Å². The normalized spacial score (nSPS) is 26.9. The average molecular weight is 354 g/mol. The topological polar surface area (TPSA) is 62.8 Å². The molecule has 1 aliphatic carbocycles. The lowest BCUT2D eigenvalue weighted by Crippen LogP contribution is -2.61. The van der Waals surface area contributed by atoms with Gasteiger partial charge in [-0.2, -0.15) is 0 Å². The molecule has 3 aliphatic rings. The third-order valence-corrected chi connectivity index (χ3v) is 6.51. The lowest BCUT2D eigenvalue weighted by atomic mass is 9.77. The third kappa shape index (κ3) is 4.35. The molecule has 6 nitrogen and oxygen atoms in total. The Morgan fingerprint density at radius 2 is 1.80 bits per heavy atom. The fourth-order valence-electron chi connectivity index (χ4n) is 4.90. The first-order valence-electron chi connectivity index (χ1n) is 10.0. The summed E-state index contributed by atoms with van der Waals surface area (Å²) in [6, 6.07) is 0. The van der Waals surface area contributed by atoms with Crippen LogP contribution in [0.5, 0.6) is 0 Å². The van der Waals surface area contributed by atoms with Crippen molar-refractivity contribution >= 4 is 5.91 Å². The molecule has 2 N–H and O–H groups in total. The molecule has 0 aromatic carbocycles. The van der Waals surface area contributed by atoms with Gasteiger partial charge in [0.05, 0.1) is 25.2 Å². The Morgan fingerprint density at radius 3 is 2.44 bits per heavy atom. The van der Waals surface area contributed by atoms with Gasteiger partial charge >= 0.3 is 0 Å². The van der Waals surface area contributed by atoms with Gasteiger partial charge in [0.1, 0.15) is 0 Å². The molecule has 2 aliphatic heterocycles. The van der Waals surface area contributed by atoms with Crippen LogP contribution in [-0.2, 0) is 14.3 Å². The Kier molecular flexibility index (Phi) is 6.72. The summed E-state index contributed by atoms with van der Waals surface area (Å²) in [5, 5.41) is 6.72. The molecule has 144 valence electrons. The summed E-state index contributed by atoms with van der Waals surface area (Å²) < 4.78 is 11.0. The molecule has 0 radical (unpaired) electrons. The molecule has 3 rings (SSSR count). The highest BCUT2D eigenvalue weighted by atomic mass is 16.5. The maximum absolute atomic E-state index is 13.1. The zero-order valence-corrected chi connectivity index (χ0v) is 15.8. The van der Waals surface area contributed by atoms with Gasteiger partial charge in [-0.15, -0.1) is 0 Å². The highest BCUT2D eigenvalue weighted by Crippen LogP contribution is 2.35. The van der Waals surface area contributed by atoms with Crippen LogP contribution in [0, 0.1) is 5.41 Å². The number of nitrogens with zero attached hydrogens (tertiary/aromatic N) is 1. The molecular weight excluding hydrogens is 318 g/mol. The van der Waals surface area contributed by atoms with E-state index in [0.717, 1.165) is 58.8 Å². The SMILES string of the molecule is COCC1(C(=O)NCC2(N3CCOCC3)CCCCC2)CCNCC1. The molecule has 1 amide bonds. The number of hydrogen-bond donors (Lipinski definition) is 2. The Morgan fingerprint density at radius 1 is 1.12 bits per heavy atom. The number of carbonyl (C=O) groups excluding carboxylic acids is 1.